The molecule has 0 N–H and O–H groups in total. The molecule has 0 radical (unpaired) electrons. The van der Waals surface area contributed by atoms with E-state index in [0.717, 1.165) is 31.2 Å². The molecular weight excluding hydrogens is 227 g/mol. The maximum Gasteiger partial charge on any atom is 0.124 e. The summed E-state index contributed by atoms with van der Waals surface area (Å²) in [6, 6.07) is 4.57. The topological polar surface area (TPSA) is 9.23 Å². The molecule has 0 fully saturated rings. The summed E-state index contributed by atoms with van der Waals surface area (Å²) < 4.78 is 18.1. The van der Waals surface area contributed by atoms with Crippen LogP contribution in [-0.4, -0.2) is 13.2 Å². The summed E-state index contributed by atoms with van der Waals surface area (Å²) in [5, 5.41) is 0.519. The summed E-state index contributed by atoms with van der Waals surface area (Å²) in [6.45, 7) is 2.11. The van der Waals surface area contributed by atoms with E-state index >= 15 is 0 Å². The third-order valence-electron chi connectivity index (χ3n) is 2.78. The van der Waals surface area contributed by atoms with Crippen LogP contribution < -0.4 is 0 Å². The molecule has 1 aromatic carbocycles. The molecular formula is C13H18ClFO. The fourth-order valence-electron chi connectivity index (χ4n) is 1.73. The number of halogens is 2. The van der Waals surface area contributed by atoms with E-state index in [1.165, 1.54) is 12.1 Å². The molecule has 1 nitrogen and oxygen atoms in total. The van der Waals surface area contributed by atoms with Gasteiger partial charge >= 0.3 is 0 Å². The first kappa shape index (κ1) is 13.5. The Morgan fingerprint density at radius 2 is 2.19 bits per heavy atom. The van der Waals surface area contributed by atoms with Gasteiger partial charge in [-0.3, -0.25) is 0 Å². The molecule has 1 rings (SSSR count). The molecule has 3 heteroatoms. The predicted octanol–water partition coefficient (Wildman–Crippen LogP) is 4.23. The first-order valence-electron chi connectivity index (χ1n) is 5.64. The summed E-state index contributed by atoms with van der Waals surface area (Å²) in [7, 11) is 1.74. The van der Waals surface area contributed by atoms with Gasteiger partial charge in [-0.25, -0.2) is 4.39 Å². The van der Waals surface area contributed by atoms with Gasteiger partial charge in [0.15, 0.2) is 0 Å². The number of methoxy groups -OCH3 is 1. The van der Waals surface area contributed by atoms with Gasteiger partial charge in [0.05, 0.1) is 6.10 Å². The molecule has 16 heavy (non-hydrogen) atoms. The number of benzene rings is 1. The number of ether oxygens (including phenoxy) is 1. The van der Waals surface area contributed by atoms with Gasteiger partial charge < -0.3 is 4.74 Å². The van der Waals surface area contributed by atoms with Crippen molar-refractivity contribution in [3.8, 4) is 0 Å². The van der Waals surface area contributed by atoms with Crippen molar-refractivity contribution in [3.05, 3.63) is 34.6 Å². The SMILES string of the molecule is CCC(CCCc1ccc(F)cc1Cl)OC. The Hall–Kier alpha value is -0.600. The lowest BCUT2D eigenvalue weighted by molar-refractivity contribution is 0.0905. The van der Waals surface area contributed by atoms with Crippen molar-refractivity contribution in [2.24, 2.45) is 0 Å². The van der Waals surface area contributed by atoms with E-state index < -0.39 is 0 Å². The largest absolute Gasteiger partial charge is 0.381 e. The standard InChI is InChI=1S/C13H18ClFO/c1-3-12(16-2)6-4-5-10-7-8-11(15)9-13(10)14/h7-9,12H,3-6H2,1-2H3. The monoisotopic (exact) mass is 244 g/mol. The van der Waals surface area contributed by atoms with Crippen LogP contribution in [-0.2, 0) is 11.2 Å². The minimum absolute atomic E-state index is 0.280. The highest BCUT2D eigenvalue weighted by Crippen LogP contribution is 2.20. The predicted molar refractivity (Wildman–Crippen MR) is 65.4 cm³/mol. The maximum absolute atomic E-state index is 12.8. The number of aryl methyl sites for hydroxylation is 1. The zero-order valence-electron chi connectivity index (χ0n) is 9.80. The van der Waals surface area contributed by atoms with E-state index in [4.69, 9.17) is 16.3 Å². The summed E-state index contributed by atoms with van der Waals surface area (Å²) in [6.07, 6.45) is 4.24. The van der Waals surface area contributed by atoms with Gasteiger partial charge in [-0.1, -0.05) is 24.6 Å². The lowest BCUT2D eigenvalue weighted by Crippen LogP contribution is -2.08. The molecule has 1 unspecified atom stereocenters. The number of hydrogen-bond donors (Lipinski definition) is 0. The molecule has 0 aliphatic heterocycles. The van der Waals surface area contributed by atoms with Crippen LogP contribution in [0.1, 0.15) is 31.7 Å². The third kappa shape index (κ3) is 4.11. The lowest BCUT2D eigenvalue weighted by Gasteiger charge is -2.12. The molecule has 1 atom stereocenters. The molecule has 0 saturated carbocycles. The fourth-order valence-corrected chi connectivity index (χ4v) is 1.99. The van der Waals surface area contributed by atoms with E-state index in [9.17, 15) is 4.39 Å². The zero-order valence-corrected chi connectivity index (χ0v) is 10.6. The van der Waals surface area contributed by atoms with E-state index in [0.29, 0.717) is 11.1 Å². The molecule has 0 amide bonds. The Morgan fingerprint density at radius 3 is 2.75 bits per heavy atom. The third-order valence-corrected chi connectivity index (χ3v) is 3.13. The van der Waals surface area contributed by atoms with Crippen LogP contribution >= 0.6 is 11.6 Å². The highest BCUT2D eigenvalue weighted by Gasteiger charge is 2.06. The Labute approximate surface area is 102 Å². The van der Waals surface area contributed by atoms with Gasteiger partial charge in [-0.05, 0) is 43.4 Å². The summed E-state index contributed by atoms with van der Waals surface area (Å²) in [5.41, 5.74) is 1.01. The number of hydrogen-bond acceptors (Lipinski definition) is 1. The van der Waals surface area contributed by atoms with E-state index in [2.05, 4.69) is 6.92 Å². The van der Waals surface area contributed by atoms with Crippen molar-refractivity contribution in [2.45, 2.75) is 38.7 Å². The van der Waals surface area contributed by atoms with Crippen molar-refractivity contribution in [1.29, 1.82) is 0 Å². The van der Waals surface area contributed by atoms with Crippen molar-refractivity contribution in [1.82, 2.24) is 0 Å². The van der Waals surface area contributed by atoms with Crippen molar-refractivity contribution in [3.63, 3.8) is 0 Å². The van der Waals surface area contributed by atoms with Crippen molar-refractivity contribution in [2.75, 3.05) is 7.11 Å². The van der Waals surface area contributed by atoms with Gasteiger partial charge in [0.1, 0.15) is 5.82 Å². The van der Waals surface area contributed by atoms with Crippen molar-refractivity contribution >= 4 is 11.6 Å². The van der Waals surface area contributed by atoms with Crippen LogP contribution in [0.4, 0.5) is 4.39 Å². The van der Waals surface area contributed by atoms with Crippen LogP contribution in [0.3, 0.4) is 0 Å². The molecule has 0 saturated heterocycles. The second kappa shape index (κ2) is 6.87. The van der Waals surface area contributed by atoms with Gasteiger partial charge in [-0.2, -0.15) is 0 Å². The Balaban J connectivity index is 2.42. The zero-order chi connectivity index (χ0) is 12.0. The van der Waals surface area contributed by atoms with Crippen LogP contribution in [0.15, 0.2) is 18.2 Å². The van der Waals surface area contributed by atoms with E-state index in [1.807, 2.05) is 0 Å². The summed E-state index contributed by atoms with van der Waals surface area (Å²) >= 11 is 5.94. The van der Waals surface area contributed by atoms with Gasteiger partial charge in [0, 0.05) is 12.1 Å². The molecule has 0 aliphatic carbocycles. The normalized spacial score (nSPS) is 12.8. The first-order valence-corrected chi connectivity index (χ1v) is 6.02. The van der Waals surface area contributed by atoms with Crippen LogP contribution in [0, 0.1) is 5.82 Å². The second-order valence-electron chi connectivity index (χ2n) is 3.89. The van der Waals surface area contributed by atoms with E-state index in [-0.39, 0.29) is 5.82 Å². The smallest absolute Gasteiger partial charge is 0.124 e. The first-order chi connectivity index (χ1) is 7.67. The highest BCUT2D eigenvalue weighted by atomic mass is 35.5. The van der Waals surface area contributed by atoms with Gasteiger partial charge in [-0.15, -0.1) is 0 Å². The second-order valence-corrected chi connectivity index (χ2v) is 4.30. The average Bonchev–Trinajstić information content (AvgIpc) is 2.27. The maximum atomic E-state index is 12.8. The minimum Gasteiger partial charge on any atom is -0.381 e. The van der Waals surface area contributed by atoms with Crippen molar-refractivity contribution < 1.29 is 9.13 Å². The summed E-state index contributed by atoms with van der Waals surface area (Å²) in [5.74, 6) is -0.280. The molecule has 0 spiro atoms. The van der Waals surface area contributed by atoms with Crippen LogP contribution in [0.5, 0.6) is 0 Å². The quantitative estimate of drug-likeness (QED) is 0.728. The summed E-state index contributed by atoms with van der Waals surface area (Å²) in [4.78, 5) is 0. The van der Waals surface area contributed by atoms with E-state index in [1.54, 1.807) is 13.2 Å². The highest BCUT2D eigenvalue weighted by molar-refractivity contribution is 6.31. The van der Waals surface area contributed by atoms with Crippen LogP contribution in [0.25, 0.3) is 0 Å². The Bertz CT molecular complexity index is 324. The number of rotatable bonds is 6. The molecule has 0 heterocycles. The average molecular weight is 245 g/mol. The fraction of sp³-hybridized carbons (Fsp3) is 0.538. The molecule has 0 aliphatic rings. The van der Waals surface area contributed by atoms with Gasteiger partial charge in [0.25, 0.3) is 0 Å². The van der Waals surface area contributed by atoms with Crippen LogP contribution in [0.2, 0.25) is 5.02 Å². The molecule has 1 aromatic rings. The lowest BCUT2D eigenvalue weighted by atomic mass is 10.0. The Kier molecular flexibility index (Phi) is 5.78. The molecule has 0 aromatic heterocycles. The Morgan fingerprint density at radius 1 is 1.44 bits per heavy atom. The molecule has 90 valence electrons. The molecule has 0 bridgehead atoms. The minimum atomic E-state index is -0.280. The van der Waals surface area contributed by atoms with Gasteiger partial charge in [0.2, 0.25) is 0 Å².